The second kappa shape index (κ2) is 6.04. The van der Waals surface area contributed by atoms with Crippen LogP contribution in [0.15, 0.2) is 54.6 Å². The monoisotopic (exact) mass is 309 g/mol. The molecule has 1 aliphatic rings. The van der Waals surface area contributed by atoms with Gasteiger partial charge in [-0.15, -0.1) is 0 Å². The molecule has 0 saturated heterocycles. The van der Waals surface area contributed by atoms with E-state index in [4.69, 9.17) is 4.74 Å². The molecule has 1 atom stereocenters. The van der Waals surface area contributed by atoms with Gasteiger partial charge in [-0.25, -0.2) is 0 Å². The quantitative estimate of drug-likeness (QED) is 0.645. The molecule has 5 heteroatoms. The third-order valence-corrected chi connectivity index (χ3v) is 3.68. The normalized spacial score (nSPS) is 17.3. The standard InChI is InChI=1S/C18H15NO4/c1-12-17(21)19(11-15(20)13-7-3-2-4-8-13)18(22)14-9-5-6-10-16(14)23-12/h2-10,12H,11H2,1H3/t12-/m0/s1. The van der Waals surface area contributed by atoms with E-state index >= 15 is 0 Å². The van der Waals surface area contributed by atoms with Gasteiger partial charge in [-0.3, -0.25) is 19.3 Å². The van der Waals surface area contributed by atoms with Crippen molar-refractivity contribution in [2.24, 2.45) is 0 Å². The highest BCUT2D eigenvalue weighted by molar-refractivity contribution is 6.12. The Balaban J connectivity index is 1.93. The molecule has 23 heavy (non-hydrogen) atoms. The summed E-state index contributed by atoms with van der Waals surface area (Å²) in [6.07, 6.45) is -0.828. The third-order valence-electron chi connectivity index (χ3n) is 3.68. The Kier molecular flexibility index (Phi) is 3.93. The molecule has 1 aliphatic heterocycles. The van der Waals surface area contributed by atoms with Crippen molar-refractivity contribution in [3.05, 3.63) is 65.7 Å². The number of benzene rings is 2. The molecule has 5 nitrogen and oxygen atoms in total. The minimum Gasteiger partial charge on any atom is -0.480 e. The Morgan fingerprint density at radius 1 is 1.04 bits per heavy atom. The summed E-state index contributed by atoms with van der Waals surface area (Å²) in [5, 5.41) is 0. The fourth-order valence-electron chi connectivity index (χ4n) is 2.46. The number of fused-ring (bicyclic) bond motifs is 1. The Hall–Kier alpha value is -2.95. The van der Waals surface area contributed by atoms with E-state index in [1.54, 1.807) is 61.5 Å². The first-order chi connectivity index (χ1) is 11.1. The Labute approximate surface area is 133 Å². The number of Topliss-reactive ketones (excluding diaryl/α,β-unsaturated/α-hetero) is 1. The molecule has 0 unspecified atom stereocenters. The number of hydrogen-bond donors (Lipinski definition) is 0. The number of rotatable bonds is 3. The van der Waals surface area contributed by atoms with Gasteiger partial charge in [0.1, 0.15) is 5.75 Å². The smallest absolute Gasteiger partial charge is 0.270 e. The van der Waals surface area contributed by atoms with Crippen LogP contribution in [0.4, 0.5) is 0 Å². The summed E-state index contributed by atoms with van der Waals surface area (Å²) in [7, 11) is 0. The van der Waals surface area contributed by atoms with Crippen LogP contribution < -0.4 is 4.74 Å². The highest BCUT2D eigenvalue weighted by Crippen LogP contribution is 2.25. The lowest BCUT2D eigenvalue weighted by molar-refractivity contribution is -0.134. The van der Waals surface area contributed by atoms with E-state index in [1.165, 1.54) is 0 Å². The average Bonchev–Trinajstić information content (AvgIpc) is 2.67. The summed E-state index contributed by atoms with van der Waals surface area (Å²) < 4.78 is 5.53. The van der Waals surface area contributed by atoms with Crippen molar-refractivity contribution in [2.75, 3.05) is 6.54 Å². The predicted octanol–water partition coefficient (Wildman–Crippen LogP) is 2.32. The molecule has 116 valence electrons. The van der Waals surface area contributed by atoms with Crippen molar-refractivity contribution in [1.82, 2.24) is 4.90 Å². The second-order valence-corrected chi connectivity index (χ2v) is 5.27. The van der Waals surface area contributed by atoms with E-state index in [2.05, 4.69) is 0 Å². The Morgan fingerprint density at radius 3 is 2.43 bits per heavy atom. The molecule has 0 bridgehead atoms. The number of carbonyl (C=O) groups is 3. The van der Waals surface area contributed by atoms with Gasteiger partial charge >= 0.3 is 0 Å². The summed E-state index contributed by atoms with van der Waals surface area (Å²) >= 11 is 0. The first-order valence-electron chi connectivity index (χ1n) is 7.27. The van der Waals surface area contributed by atoms with Crippen molar-refractivity contribution in [3.8, 4) is 5.75 Å². The van der Waals surface area contributed by atoms with Gasteiger partial charge in [0.05, 0.1) is 12.1 Å². The van der Waals surface area contributed by atoms with Crippen LogP contribution in [0.1, 0.15) is 27.6 Å². The van der Waals surface area contributed by atoms with E-state index < -0.39 is 17.9 Å². The summed E-state index contributed by atoms with van der Waals surface area (Å²) in [6.45, 7) is 1.27. The van der Waals surface area contributed by atoms with Gasteiger partial charge in [0.25, 0.3) is 11.8 Å². The zero-order valence-corrected chi connectivity index (χ0v) is 12.6. The molecule has 3 rings (SSSR count). The van der Waals surface area contributed by atoms with Crippen molar-refractivity contribution in [2.45, 2.75) is 13.0 Å². The average molecular weight is 309 g/mol. The molecule has 0 saturated carbocycles. The van der Waals surface area contributed by atoms with E-state index in [0.29, 0.717) is 11.3 Å². The van der Waals surface area contributed by atoms with Gasteiger partial charge in [-0.2, -0.15) is 0 Å². The van der Waals surface area contributed by atoms with Gasteiger partial charge in [0.2, 0.25) is 0 Å². The number of ketones is 1. The van der Waals surface area contributed by atoms with Crippen LogP contribution in [0.3, 0.4) is 0 Å². The van der Waals surface area contributed by atoms with Crippen molar-refractivity contribution in [3.63, 3.8) is 0 Å². The minimum atomic E-state index is -0.828. The first kappa shape index (κ1) is 15.0. The maximum atomic E-state index is 12.6. The molecule has 1 heterocycles. The van der Waals surface area contributed by atoms with Gasteiger partial charge in [0, 0.05) is 5.56 Å². The van der Waals surface area contributed by atoms with Crippen LogP contribution in [-0.2, 0) is 4.79 Å². The van der Waals surface area contributed by atoms with Crippen LogP contribution in [0.5, 0.6) is 5.75 Å². The fraction of sp³-hybridized carbons (Fsp3) is 0.167. The lowest BCUT2D eigenvalue weighted by Gasteiger charge is -2.19. The molecule has 2 aromatic rings. The molecule has 0 aliphatic carbocycles. The lowest BCUT2D eigenvalue weighted by Crippen LogP contribution is -2.44. The number of carbonyl (C=O) groups excluding carboxylic acids is 3. The highest BCUT2D eigenvalue weighted by Gasteiger charge is 2.35. The van der Waals surface area contributed by atoms with Crippen molar-refractivity contribution >= 4 is 17.6 Å². The molecule has 0 aromatic heterocycles. The third kappa shape index (κ3) is 2.85. The number of nitrogens with zero attached hydrogens (tertiary/aromatic N) is 1. The topological polar surface area (TPSA) is 63.7 Å². The first-order valence-corrected chi connectivity index (χ1v) is 7.27. The van der Waals surface area contributed by atoms with Gasteiger partial charge in [-0.1, -0.05) is 42.5 Å². The Morgan fingerprint density at radius 2 is 1.70 bits per heavy atom. The second-order valence-electron chi connectivity index (χ2n) is 5.27. The maximum absolute atomic E-state index is 12.6. The SMILES string of the molecule is C[C@@H]1Oc2ccccc2C(=O)N(CC(=O)c2ccccc2)C1=O. The van der Waals surface area contributed by atoms with Gasteiger partial charge in [0.15, 0.2) is 11.9 Å². The van der Waals surface area contributed by atoms with Crippen molar-refractivity contribution < 1.29 is 19.1 Å². The predicted molar refractivity (Wildman–Crippen MR) is 83.3 cm³/mol. The molecule has 2 amide bonds. The zero-order valence-electron chi connectivity index (χ0n) is 12.6. The number of ether oxygens (including phenoxy) is 1. The maximum Gasteiger partial charge on any atom is 0.270 e. The van der Waals surface area contributed by atoms with Crippen LogP contribution >= 0.6 is 0 Å². The minimum absolute atomic E-state index is 0.283. The molecule has 0 radical (unpaired) electrons. The molecular formula is C18H15NO4. The number of amides is 2. The summed E-state index contributed by atoms with van der Waals surface area (Å²) in [6, 6.07) is 15.2. The molecule has 0 spiro atoms. The number of para-hydroxylation sites is 1. The van der Waals surface area contributed by atoms with Crippen LogP contribution in [0, 0.1) is 0 Å². The van der Waals surface area contributed by atoms with Gasteiger partial charge in [-0.05, 0) is 19.1 Å². The largest absolute Gasteiger partial charge is 0.480 e. The molecular weight excluding hydrogens is 294 g/mol. The zero-order chi connectivity index (χ0) is 16.4. The Bertz CT molecular complexity index is 770. The summed E-state index contributed by atoms with van der Waals surface area (Å²) in [5.74, 6) is -0.971. The number of imide groups is 1. The molecule has 2 aromatic carbocycles. The lowest BCUT2D eigenvalue weighted by atomic mass is 10.1. The summed E-state index contributed by atoms with van der Waals surface area (Å²) in [5.41, 5.74) is 0.741. The van der Waals surface area contributed by atoms with E-state index in [1.807, 2.05) is 0 Å². The van der Waals surface area contributed by atoms with E-state index in [-0.39, 0.29) is 17.9 Å². The fourth-order valence-corrected chi connectivity index (χ4v) is 2.46. The van der Waals surface area contributed by atoms with Crippen LogP contribution in [-0.4, -0.2) is 35.1 Å². The summed E-state index contributed by atoms with van der Waals surface area (Å²) in [4.78, 5) is 38.4. The molecule has 0 fully saturated rings. The number of hydrogen-bond acceptors (Lipinski definition) is 4. The van der Waals surface area contributed by atoms with E-state index in [9.17, 15) is 14.4 Å². The van der Waals surface area contributed by atoms with Crippen molar-refractivity contribution in [1.29, 1.82) is 0 Å². The van der Waals surface area contributed by atoms with E-state index in [0.717, 1.165) is 4.90 Å². The molecule has 0 N–H and O–H groups in total. The highest BCUT2D eigenvalue weighted by atomic mass is 16.5. The van der Waals surface area contributed by atoms with Crippen LogP contribution in [0.25, 0.3) is 0 Å². The van der Waals surface area contributed by atoms with Crippen LogP contribution in [0.2, 0.25) is 0 Å². The van der Waals surface area contributed by atoms with Gasteiger partial charge < -0.3 is 4.74 Å².